The smallest absolute Gasteiger partial charge is 0.255 e. The third kappa shape index (κ3) is 4.19. The summed E-state index contributed by atoms with van der Waals surface area (Å²) in [5.74, 6) is 0.642. The van der Waals surface area contributed by atoms with Crippen molar-refractivity contribution < 1.29 is 14.3 Å². The highest BCUT2D eigenvalue weighted by Crippen LogP contribution is 2.34. The third-order valence-corrected chi connectivity index (χ3v) is 5.03. The van der Waals surface area contributed by atoms with Crippen molar-refractivity contribution in [3.8, 4) is 5.75 Å². The first-order chi connectivity index (χ1) is 13.7. The first-order valence-electron chi connectivity index (χ1n) is 10.1. The van der Waals surface area contributed by atoms with Gasteiger partial charge >= 0.3 is 0 Å². The number of para-hydroxylation sites is 1. The molecule has 0 saturated heterocycles. The Kier molecular flexibility index (Phi) is 6.69. The number of hydrogen-bond acceptors (Lipinski definition) is 3. The molecule has 0 saturated carbocycles. The van der Waals surface area contributed by atoms with Crippen LogP contribution in [0.2, 0.25) is 0 Å². The van der Waals surface area contributed by atoms with Gasteiger partial charge in [0.15, 0.2) is 0 Å². The van der Waals surface area contributed by atoms with Crippen molar-refractivity contribution in [1.29, 1.82) is 0 Å². The van der Waals surface area contributed by atoms with Crippen LogP contribution in [0.25, 0.3) is 0 Å². The summed E-state index contributed by atoms with van der Waals surface area (Å²) >= 11 is 0. The average Bonchev–Trinajstić information content (AvgIpc) is 3.00. The molecular weight excluding hydrogens is 352 g/mol. The lowest BCUT2D eigenvalue weighted by atomic mass is 10.0. The molecule has 2 aromatic rings. The van der Waals surface area contributed by atoms with Gasteiger partial charge in [0.2, 0.25) is 5.91 Å². The van der Waals surface area contributed by atoms with Crippen LogP contribution in [0.5, 0.6) is 5.75 Å². The maximum absolute atomic E-state index is 13.0. The summed E-state index contributed by atoms with van der Waals surface area (Å²) in [5, 5.41) is 2.99. The SMILES string of the molecule is CCCCNC(=O)C1c2ccccc2C(=O)N1CCc1ccccc1OCC. The lowest BCUT2D eigenvalue weighted by molar-refractivity contribution is -0.125. The number of benzene rings is 2. The predicted molar refractivity (Wildman–Crippen MR) is 109 cm³/mol. The quantitative estimate of drug-likeness (QED) is 0.674. The summed E-state index contributed by atoms with van der Waals surface area (Å²) in [4.78, 5) is 27.6. The number of nitrogens with one attached hydrogen (secondary N) is 1. The van der Waals surface area contributed by atoms with Crippen LogP contribution in [-0.4, -0.2) is 36.4 Å². The van der Waals surface area contributed by atoms with Gasteiger partial charge in [-0.3, -0.25) is 9.59 Å². The topological polar surface area (TPSA) is 58.6 Å². The zero-order valence-electron chi connectivity index (χ0n) is 16.6. The monoisotopic (exact) mass is 380 g/mol. The summed E-state index contributed by atoms with van der Waals surface area (Å²) < 4.78 is 5.70. The van der Waals surface area contributed by atoms with Gasteiger partial charge in [-0.05, 0) is 43.0 Å². The molecule has 148 valence electrons. The largest absolute Gasteiger partial charge is 0.494 e. The second-order valence-corrected chi connectivity index (χ2v) is 6.92. The Balaban J connectivity index is 1.80. The van der Waals surface area contributed by atoms with E-state index in [9.17, 15) is 9.59 Å². The van der Waals surface area contributed by atoms with E-state index in [4.69, 9.17) is 4.74 Å². The predicted octanol–water partition coefficient (Wildman–Crippen LogP) is 3.74. The molecular formula is C23H28N2O3. The number of unbranched alkanes of at least 4 members (excludes halogenated alkanes) is 1. The van der Waals surface area contributed by atoms with Gasteiger partial charge < -0.3 is 15.0 Å². The molecule has 0 aliphatic carbocycles. The van der Waals surface area contributed by atoms with Gasteiger partial charge in [-0.1, -0.05) is 49.7 Å². The fraction of sp³-hybridized carbons (Fsp3) is 0.391. The van der Waals surface area contributed by atoms with Crippen LogP contribution in [0.4, 0.5) is 0 Å². The molecule has 5 nitrogen and oxygen atoms in total. The number of carbonyl (C=O) groups is 2. The summed E-state index contributed by atoms with van der Waals surface area (Å²) in [5.41, 5.74) is 2.45. The second kappa shape index (κ2) is 9.40. The van der Waals surface area contributed by atoms with E-state index in [0.29, 0.717) is 31.7 Å². The van der Waals surface area contributed by atoms with Crippen LogP contribution < -0.4 is 10.1 Å². The standard InChI is InChI=1S/C23H28N2O3/c1-3-5-15-24-22(26)21-18-11-7-8-12-19(18)23(27)25(21)16-14-17-10-6-9-13-20(17)28-4-2/h6-13,21H,3-5,14-16H2,1-2H3,(H,24,26). The zero-order chi connectivity index (χ0) is 19.9. The molecule has 5 heteroatoms. The fourth-order valence-corrected chi connectivity index (χ4v) is 3.62. The lowest BCUT2D eigenvalue weighted by Gasteiger charge is -2.25. The van der Waals surface area contributed by atoms with Gasteiger partial charge in [-0.15, -0.1) is 0 Å². The number of fused-ring (bicyclic) bond motifs is 1. The number of nitrogens with zero attached hydrogens (tertiary/aromatic N) is 1. The molecule has 1 unspecified atom stereocenters. The van der Waals surface area contributed by atoms with Crippen LogP contribution in [0, 0.1) is 0 Å². The zero-order valence-corrected chi connectivity index (χ0v) is 16.6. The Morgan fingerprint density at radius 2 is 1.86 bits per heavy atom. The molecule has 1 aliphatic heterocycles. The van der Waals surface area contributed by atoms with Crippen LogP contribution in [0.15, 0.2) is 48.5 Å². The number of ether oxygens (including phenoxy) is 1. The average molecular weight is 380 g/mol. The summed E-state index contributed by atoms with van der Waals surface area (Å²) in [6.45, 7) is 5.72. The van der Waals surface area contributed by atoms with Gasteiger partial charge in [0.1, 0.15) is 11.8 Å². The number of hydrogen-bond donors (Lipinski definition) is 1. The molecule has 0 aromatic heterocycles. The van der Waals surface area contributed by atoms with Gasteiger partial charge in [0.25, 0.3) is 5.91 Å². The van der Waals surface area contributed by atoms with E-state index >= 15 is 0 Å². The number of rotatable bonds is 9. The molecule has 2 amide bonds. The van der Waals surface area contributed by atoms with Crippen molar-refractivity contribution in [3.05, 3.63) is 65.2 Å². The fourth-order valence-electron chi connectivity index (χ4n) is 3.62. The maximum atomic E-state index is 13.0. The number of amides is 2. The molecule has 1 atom stereocenters. The van der Waals surface area contributed by atoms with Crippen molar-refractivity contribution in [3.63, 3.8) is 0 Å². The highest BCUT2D eigenvalue weighted by atomic mass is 16.5. The molecule has 0 bridgehead atoms. The molecule has 2 aromatic carbocycles. The first kappa shape index (κ1) is 19.9. The van der Waals surface area contributed by atoms with Crippen LogP contribution in [-0.2, 0) is 11.2 Å². The minimum absolute atomic E-state index is 0.0832. The lowest BCUT2D eigenvalue weighted by Crippen LogP contribution is -2.40. The molecule has 3 rings (SSSR count). The van der Waals surface area contributed by atoms with E-state index in [-0.39, 0.29) is 11.8 Å². The Bertz CT molecular complexity index is 834. The van der Waals surface area contributed by atoms with Crippen molar-refractivity contribution in [2.75, 3.05) is 19.7 Å². The van der Waals surface area contributed by atoms with E-state index < -0.39 is 6.04 Å². The Hall–Kier alpha value is -2.82. The van der Waals surface area contributed by atoms with Crippen LogP contribution in [0.3, 0.4) is 0 Å². The normalized spacial score (nSPS) is 15.4. The van der Waals surface area contributed by atoms with Crippen molar-refractivity contribution >= 4 is 11.8 Å². The van der Waals surface area contributed by atoms with Crippen LogP contribution in [0.1, 0.15) is 54.2 Å². The van der Waals surface area contributed by atoms with Gasteiger partial charge in [0, 0.05) is 18.7 Å². The number of carbonyl (C=O) groups excluding carboxylic acids is 2. The minimum Gasteiger partial charge on any atom is -0.494 e. The molecule has 0 spiro atoms. The van der Waals surface area contributed by atoms with E-state index in [1.807, 2.05) is 49.4 Å². The molecule has 1 aliphatic rings. The van der Waals surface area contributed by atoms with Crippen molar-refractivity contribution in [2.24, 2.45) is 0 Å². The van der Waals surface area contributed by atoms with Crippen molar-refractivity contribution in [2.45, 2.75) is 39.2 Å². The van der Waals surface area contributed by atoms with Crippen LogP contribution >= 0.6 is 0 Å². The highest BCUT2D eigenvalue weighted by Gasteiger charge is 2.40. The van der Waals surface area contributed by atoms with Gasteiger partial charge in [-0.25, -0.2) is 0 Å². The Morgan fingerprint density at radius 1 is 1.11 bits per heavy atom. The molecule has 28 heavy (non-hydrogen) atoms. The first-order valence-corrected chi connectivity index (χ1v) is 10.1. The summed E-state index contributed by atoms with van der Waals surface area (Å²) in [6.07, 6.45) is 2.57. The van der Waals surface area contributed by atoms with E-state index in [2.05, 4.69) is 12.2 Å². The summed E-state index contributed by atoms with van der Waals surface area (Å²) in [7, 11) is 0. The summed E-state index contributed by atoms with van der Waals surface area (Å²) in [6, 6.07) is 14.7. The molecule has 0 radical (unpaired) electrons. The molecule has 0 fully saturated rings. The third-order valence-electron chi connectivity index (χ3n) is 5.03. The van der Waals surface area contributed by atoms with Gasteiger partial charge in [-0.2, -0.15) is 0 Å². The van der Waals surface area contributed by atoms with E-state index in [1.54, 1.807) is 11.0 Å². The van der Waals surface area contributed by atoms with E-state index in [0.717, 1.165) is 29.7 Å². The maximum Gasteiger partial charge on any atom is 0.255 e. The molecule has 1 heterocycles. The molecule has 1 N–H and O–H groups in total. The Morgan fingerprint density at radius 3 is 2.64 bits per heavy atom. The van der Waals surface area contributed by atoms with Crippen molar-refractivity contribution in [1.82, 2.24) is 10.2 Å². The van der Waals surface area contributed by atoms with Gasteiger partial charge in [0.05, 0.1) is 6.61 Å². The minimum atomic E-state index is -0.570. The second-order valence-electron chi connectivity index (χ2n) is 6.92. The Labute approximate surface area is 166 Å². The van der Waals surface area contributed by atoms with E-state index in [1.165, 1.54) is 0 Å². The highest BCUT2D eigenvalue weighted by molar-refractivity contribution is 6.04.